The molecule has 0 N–H and O–H groups in total. The molecule has 0 aliphatic carbocycles. The first-order valence-corrected chi connectivity index (χ1v) is 8.71. The number of aromatic nitrogens is 3. The Morgan fingerprint density at radius 1 is 1.04 bits per heavy atom. The lowest BCUT2D eigenvalue weighted by Gasteiger charge is -2.18. The van der Waals surface area contributed by atoms with Crippen molar-refractivity contribution < 1.29 is 4.79 Å². The standard InChI is InChI=1S/C21H22N4O/c1-13-10-16(8-9-22-13)15-6-7-17-18(11-15)25(20(26)21(17,3)4)19-12-24(5)14(2)23-19/h6-12H,1-5H3. The van der Waals surface area contributed by atoms with E-state index in [-0.39, 0.29) is 5.91 Å². The third kappa shape index (κ3) is 2.35. The van der Waals surface area contributed by atoms with Gasteiger partial charge in [0.2, 0.25) is 5.91 Å². The van der Waals surface area contributed by atoms with Gasteiger partial charge >= 0.3 is 0 Å². The zero-order chi connectivity index (χ0) is 18.6. The Morgan fingerprint density at radius 2 is 1.77 bits per heavy atom. The van der Waals surface area contributed by atoms with Gasteiger partial charge in [-0.25, -0.2) is 4.98 Å². The minimum atomic E-state index is -0.576. The van der Waals surface area contributed by atoms with Gasteiger partial charge in [0.05, 0.1) is 11.1 Å². The molecule has 1 aliphatic heterocycles. The first-order valence-electron chi connectivity index (χ1n) is 8.71. The van der Waals surface area contributed by atoms with Gasteiger partial charge in [0.1, 0.15) is 5.82 Å². The predicted molar refractivity (Wildman–Crippen MR) is 103 cm³/mol. The van der Waals surface area contributed by atoms with Crippen LogP contribution < -0.4 is 4.90 Å². The molecule has 4 rings (SSSR count). The highest BCUT2D eigenvalue weighted by Gasteiger charge is 2.45. The number of pyridine rings is 1. The van der Waals surface area contributed by atoms with Crippen LogP contribution in [0.4, 0.5) is 11.5 Å². The largest absolute Gasteiger partial charge is 0.336 e. The van der Waals surface area contributed by atoms with E-state index in [1.807, 2.05) is 57.8 Å². The number of aryl methyl sites for hydroxylation is 3. The van der Waals surface area contributed by atoms with E-state index in [4.69, 9.17) is 0 Å². The Kier molecular flexibility index (Phi) is 3.51. The predicted octanol–water partition coefficient (Wildman–Crippen LogP) is 4.05. The van der Waals surface area contributed by atoms with Gasteiger partial charge in [-0.15, -0.1) is 0 Å². The molecule has 2 aromatic heterocycles. The number of nitrogens with zero attached hydrogens (tertiary/aromatic N) is 4. The van der Waals surface area contributed by atoms with Gasteiger partial charge in [-0.1, -0.05) is 12.1 Å². The lowest BCUT2D eigenvalue weighted by molar-refractivity contribution is -0.121. The minimum Gasteiger partial charge on any atom is -0.336 e. The maximum Gasteiger partial charge on any atom is 0.242 e. The van der Waals surface area contributed by atoms with E-state index in [9.17, 15) is 4.79 Å². The molecule has 0 saturated heterocycles. The van der Waals surface area contributed by atoms with Crippen molar-refractivity contribution in [1.82, 2.24) is 14.5 Å². The molecular formula is C21H22N4O. The Balaban J connectivity index is 1.90. The van der Waals surface area contributed by atoms with Crippen LogP contribution in [0, 0.1) is 13.8 Å². The highest BCUT2D eigenvalue weighted by Crippen LogP contribution is 2.46. The van der Waals surface area contributed by atoms with Crippen molar-refractivity contribution in [2.24, 2.45) is 7.05 Å². The summed E-state index contributed by atoms with van der Waals surface area (Å²) in [6.07, 6.45) is 3.72. The molecule has 0 unspecified atom stereocenters. The lowest BCUT2D eigenvalue weighted by atomic mass is 9.85. The lowest BCUT2D eigenvalue weighted by Crippen LogP contribution is -2.33. The summed E-state index contributed by atoms with van der Waals surface area (Å²) in [5.41, 5.74) is 4.49. The average Bonchev–Trinajstić information content (AvgIpc) is 3.02. The second kappa shape index (κ2) is 5.53. The molecule has 3 heterocycles. The van der Waals surface area contributed by atoms with Crippen molar-refractivity contribution in [3.8, 4) is 11.1 Å². The molecule has 0 spiro atoms. The van der Waals surface area contributed by atoms with Gasteiger partial charge < -0.3 is 4.57 Å². The Labute approximate surface area is 153 Å². The van der Waals surface area contributed by atoms with Crippen LogP contribution in [0.1, 0.15) is 30.9 Å². The molecule has 3 aromatic rings. The van der Waals surface area contributed by atoms with Gasteiger partial charge in [0.15, 0.2) is 5.82 Å². The normalized spacial score (nSPS) is 15.4. The van der Waals surface area contributed by atoms with E-state index < -0.39 is 5.41 Å². The molecular weight excluding hydrogens is 324 g/mol. The Bertz CT molecular complexity index is 1010. The van der Waals surface area contributed by atoms with Crippen LogP contribution in [0.15, 0.2) is 42.7 Å². The van der Waals surface area contributed by atoms with Crippen molar-refractivity contribution >= 4 is 17.4 Å². The molecule has 5 heteroatoms. The van der Waals surface area contributed by atoms with Crippen LogP contribution >= 0.6 is 0 Å². The number of amides is 1. The van der Waals surface area contributed by atoms with E-state index >= 15 is 0 Å². The highest BCUT2D eigenvalue weighted by molar-refractivity contribution is 6.12. The quantitative estimate of drug-likeness (QED) is 0.703. The second-order valence-electron chi connectivity index (χ2n) is 7.44. The van der Waals surface area contributed by atoms with Gasteiger partial charge in [-0.3, -0.25) is 14.7 Å². The molecule has 0 bridgehead atoms. The van der Waals surface area contributed by atoms with E-state index in [1.165, 1.54) is 0 Å². The summed E-state index contributed by atoms with van der Waals surface area (Å²) in [6, 6.07) is 10.3. The smallest absolute Gasteiger partial charge is 0.242 e. The molecule has 1 amide bonds. The molecule has 132 valence electrons. The molecule has 0 saturated carbocycles. The second-order valence-corrected chi connectivity index (χ2v) is 7.44. The summed E-state index contributed by atoms with van der Waals surface area (Å²) in [5.74, 6) is 1.60. The number of fused-ring (bicyclic) bond motifs is 1. The summed E-state index contributed by atoms with van der Waals surface area (Å²) < 4.78 is 1.93. The zero-order valence-electron chi connectivity index (χ0n) is 15.7. The first-order chi connectivity index (χ1) is 12.3. The summed E-state index contributed by atoms with van der Waals surface area (Å²) in [4.78, 5) is 23.8. The molecule has 0 fully saturated rings. The van der Waals surface area contributed by atoms with Crippen LogP contribution in [0.5, 0.6) is 0 Å². The van der Waals surface area contributed by atoms with Crippen LogP contribution in [0.3, 0.4) is 0 Å². The number of rotatable bonds is 2. The summed E-state index contributed by atoms with van der Waals surface area (Å²) in [5, 5.41) is 0. The molecule has 1 aliphatic rings. The monoisotopic (exact) mass is 346 g/mol. The Morgan fingerprint density at radius 3 is 2.42 bits per heavy atom. The topological polar surface area (TPSA) is 51.0 Å². The van der Waals surface area contributed by atoms with Crippen LogP contribution in [0.2, 0.25) is 0 Å². The van der Waals surface area contributed by atoms with E-state index in [0.717, 1.165) is 33.9 Å². The maximum atomic E-state index is 13.2. The first kappa shape index (κ1) is 16.5. The van der Waals surface area contributed by atoms with E-state index in [0.29, 0.717) is 5.82 Å². The SMILES string of the molecule is Cc1cc(-c2ccc3c(c2)N(c2cn(C)c(C)n2)C(=O)C3(C)C)ccn1. The molecule has 1 aromatic carbocycles. The van der Waals surface area contributed by atoms with Crippen molar-refractivity contribution in [3.05, 3.63) is 59.8 Å². The van der Waals surface area contributed by atoms with Gasteiger partial charge in [0.25, 0.3) is 0 Å². The maximum absolute atomic E-state index is 13.2. The van der Waals surface area contributed by atoms with Crippen molar-refractivity contribution in [2.45, 2.75) is 33.1 Å². The highest BCUT2D eigenvalue weighted by atomic mass is 16.2. The number of benzene rings is 1. The number of anilines is 2. The van der Waals surface area contributed by atoms with Gasteiger partial charge in [0, 0.05) is 25.1 Å². The van der Waals surface area contributed by atoms with Crippen molar-refractivity contribution in [1.29, 1.82) is 0 Å². The van der Waals surface area contributed by atoms with Crippen molar-refractivity contribution in [2.75, 3.05) is 4.90 Å². The van der Waals surface area contributed by atoms with E-state index in [2.05, 4.69) is 34.2 Å². The summed E-state index contributed by atoms with van der Waals surface area (Å²) >= 11 is 0. The molecule has 0 radical (unpaired) electrons. The van der Waals surface area contributed by atoms with Crippen LogP contribution in [0.25, 0.3) is 11.1 Å². The number of hydrogen-bond donors (Lipinski definition) is 0. The molecule has 0 atom stereocenters. The molecule has 26 heavy (non-hydrogen) atoms. The van der Waals surface area contributed by atoms with Crippen LogP contribution in [-0.4, -0.2) is 20.4 Å². The van der Waals surface area contributed by atoms with Gasteiger partial charge in [-0.05, 0) is 62.6 Å². The number of carbonyl (C=O) groups excluding carboxylic acids is 1. The van der Waals surface area contributed by atoms with Gasteiger partial charge in [-0.2, -0.15) is 0 Å². The number of carbonyl (C=O) groups is 1. The fourth-order valence-electron chi connectivity index (χ4n) is 3.53. The summed E-state index contributed by atoms with van der Waals surface area (Å²) in [7, 11) is 1.94. The van der Waals surface area contributed by atoms with E-state index in [1.54, 1.807) is 4.90 Å². The molecule has 5 nitrogen and oxygen atoms in total. The third-order valence-electron chi connectivity index (χ3n) is 5.20. The number of hydrogen-bond acceptors (Lipinski definition) is 3. The average molecular weight is 346 g/mol. The van der Waals surface area contributed by atoms with Crippen LogP contribution in [-0.2, 0) is 17.3 Å². The fourth-order valence-corrected chi connectivity index (χ4v) is 3.53. The number of imidazole rings is 1. The zero-order valence-corrected chi connectivity index (χ0v) is 15.7. The Hall–Kier alpha value is -2.95. The third-order valence-corrected chi connectivity index (χ3v) is 5.20. The fraction of sp³-hybridized carbons (Fsp3) is 0.286. The summed E-state index contributed by atoms with van der Waals surface area (Å²) in [6.45, 7) is 7.86. The van der Waals surface area contributed by atoms with Crippen molar-refractivity contribution in [3.63, 3.8) is 0 Å². The minimum absolute atomic E-state index is 0.0497.